The fourth-order valence-corrected chi connectivity index (χ4v) is 2.62. The molecular weight excluding hydrogens is 240 g/mol. The van der Waals surface area contributed by atoms with Crippen molar-refractivity contribution in [2.45, 2.75) is 45.6 Å². The molecule has 0 radical (unpaired) electrons. The summed E-state index contributed by atoms with van der Waals surface area (Å²) in [5, 5.41) is 10.8. The maximum Gasteiger partial charge on any atom is 0.338 e. The van der Waals surface area contributed by atoms with Crippen LogP contribution >= 0.6 is 0 Å². The van der Waals surface area contributed by atoms with E-state index in [1.807, 2.05) is 51.1 Å². The molecule has 0 bridgehead atoms. The molecule has 0 spiro atoms. The molecule has 0 saturated heterocycles. The van der Waals surface area contributed by atoms with E-state index in [-0.39, 0.29) is 18.4 Å². The lowest BCUT2D eigenvalue weighted by Crippen LogP contribution is -2.47. The highest BCUT2D eigenvalue weighted by Gasteiger charge is 2.45. The van der Waals surface area contributed by atoms with E-state index in [0.717, 1.165) is 5.56 Å². The fourth-order valence-electron chi connectivity index (χ4n) is 2.62. The first kappa shape index (κ1) is 15.7. The second-order valence-electron chi connectivity index (χ2n) is 5.13. The first-order valence-corrected chi connectivity index (χ1v) is 6.91. The average Bonchev–Trinajstić information content (AvgIpc) is 2.39. The van der Waals surface area contributed by atoms with Gasteiger partial charge in [-0.15, -0.1) is 0 Å². The molecule has 1 N–H and O–H groups in total. The van der Waals surface area contributed by atoms with Crippen LogP contribution in [0.25, 0.3) is 0 Å². The highest BCUT2D eigenvalue weighted by atomic mass is 16.5. The summed E-state index contributed by atoms with van der Waals surface area (Å²) in [6.07, 6.45) is 0.337. The number of aliphatic hydroxyl groups is 1. The summed E-state index contributed by atoms with van der Waals surface area (Å²) in [6.45, 7) is 7.87. The Labute approximate surface area is 115 Å². The van der Waals surface area contributed by atoms with Crippen LogP contribution in [-0.4, -0.2) is 23.3 Å². The van der Waals surface area contributed by atoms with Crippen molar-refractivity contribution >= 4 is 5.97 Å². The van der Waals surface area contributed by atoms with Crippen LogP contribution in [0.2, 0.25) is 0 Å². The van der Waals surface area contributed by atoms with Gasteiger partial charge in [0.15, 0.2) is 5.60 Å². The van der Waals surface area contributed by atoms with Gasteiger partial charge in [0, 0.05) is 5.92 Å². The number of esters is 1. The SMILES string of the molecule is CCOC(=O)C(O)(CC)C(c1ccccc1)C(C)C. The summed E-state index contributed by atoms with van der Waals surface area (Å²) in [6, 6.07) is 9.67. The van der Waals surface area contributed by atoms with Gasteiger partial charge >= 0.3 is 5.97 Å². The third-order valence-corrected chi connectivity index (χ3v) is 3.51. The summed E-state index contributed by atoms with van der Waals surface area (Å²) in [7, 11) is 0. The van der Waals surface area contributed by atoms with E-state index in [0.29, 0.717) is 6.42 Å². The molecule has 2 atom stereocenters. The van der Waals surface area contributed by atoms with Gasteiger partial charge < -0.3 is 9.84 Å². The normalized spacial score (nSPS) is 15.9. The highest BCUT2D eigenvalue weighted by molar-refractivity contribution is 5.80. The Morgan fingerprint density at radius 2 is 1.84 bits per heavy atom. The van der Waals surface area contributed by atoms with E-state index < -0.39 is 11.6 Å². The standard InChI is InChI=1S/C16H24O3/c1-5-16(18,15(17)19-6-2)14(12(3)4)13-10-8-7-9-11-13/h7-12,14,18H,5-6H2,1-4H3. The summed E-state index contributed by atoms with van der Waals surface area (Å²) in [5.41, 5.74) is -0.499. The van der Waals surface area contributed by atoms with Gasteiger partial charge in [-0.1, -0.05) is 51.1 Å². The fraction of sp³-hybridized carbons (Fsp3) is 0.562. The minimum atomic E-state index is -1.47. The van der Waals surface area contributed by atoms with Crippen molar-refractivity contribution < 1.29 is 14.6 Å². The maximum atomic E-state index is 12.1. The molecule has 1 aromatic carbocycles. The second kappa shape index (κ2) is 6.71. The maximum absolute atomic E-state index is 12.1. The molecule has 1 aromatic rings. The van der Waals surface area contributed by atoms with Crippen LogP contribution in [0.4, 0.5) is 0 Å². The van der Waals surface area contributed by atoms with Crippen molar-refractivity contribution in [2.75, 3.05) is 6.61 Å². The molecule has 19 heavy (non-hydrogen) atoms. The van der Waals surface area contributed by atoms with Crippen molar-refractivity contribution in [3.63, 3.8) is 0 Å². The van der Waals surface area contributed by atoms with E-state index in [9.17, 15) is 9.90 Å². The summed E-state index contributed by atoms with van der Waals surface area (Å²) < 4.78 is 5.06. The third-order valence-electron chi connectivity index (χ3n) is 3.51. The molecule has 0 aromatic heterocycles. The quantitative estimate of drug-likeness (QED) is 0.803. The van der Waals surface area contributed by atoms with Crippen LogP contribution in [-0.2, 0) is 9.53 Å². The van der Waals surface area contributed by atoms with Gasteiger partial charge in [0.25, 0.3) is 0 Å². The Hall–Kier alpha value is -1.35. The molecule has 0 saturated carbocycles. The zero-order valence-corrected chi connectivity index (χ0v) is 12.2. The molecule has 3 nitrogen and oxygen atoms in total. The van der Waals surface area contributed by atoms with E-state index in [1.165, 1.54) is 0 Å². The van der Waals surface area contributed by atoms with Crippen LogP contribution in [0.3, 0.4) is 0 Å². The molecule has 0 aliphatic carbocycles. The second-order valence-corrected chi connectivity index (χ2v) is 5.13. The van der Waals surface area contributed by atoms with Crippen LogP contribution in [0.15, 0.2) is 30.3 Å². The van der Waals surface area contributed by atoms with E-state index in [1.54, 1.807) is 6.92 Å². The van der Waals surface area contributed by atoms with Crippen molar-refractivity contribution in [2.24, 2.45) is 5.92 Å². The average molecular weight is 264 g/mol. The number of carbonyl (C=O) groups is 1. The van der Waals surface area contributed by atoms with Crippen molar-refractivity contribution in [1.29, 1.82) is 0 Å². The Balaban J connectivity index is 3.19. The molecule has 0 fully saturated rings. The number of rotatable bonds is 6. The van der Waals surface area contributed by atoms with Gasteiger partial charge in [-0.25, -0.2) is 4.79 Å². The lowest BCUT2D eigenvalue weighted by Gasteiger charge is -2.36. The number of hydrogen-bond donors (Lipinski definition) is 1. The number of carbonyl (C=O) groups excluding carboxylic acids is 1. The Bertz CT molecular complexity index is 400. The zero-order chi connectivity index (χ0) is 14.5. The third kappa shape index (κ3) is 3.35. The largest absolute Gasteiger partial charge is 0.464 e. The lowest BCUT2D eigenvalue weighted by atomic mass is 9.73. The summed E-state index contributed by atoms with van der Waals surface area (Å²) in [5.74, 6) is -0.658. The molecule has 0 aliphatic heterocycles. The van der Waals surface area contributed by atoms with Crippen molar-refractivity contribution in [1.82, 2.24) is 0 Å². The molecular formula is C16H24O3. The van der Waals surface area contributed by atoms with Crippen LogP contribution in [0.5, 0.6) is 0 Å². The molecule has 0 aliphatic rings. The number of ether oxygens (including phenoxy) is 1. The molecule has 1 rings (SSSR count). The minimum absolute atomic E-state index is 0.136. The van der Waals surface area contributed by atoms with E-state index in [2.05, 4.69) is 0 Å². The van der Waals surface area contributed by atoms with Crippen LogP contribution in [0, 0.1) is 5.92 Å². The van der Waals surface area contributed by atoms with E-state index in [4.69, 9.17) is 4.74 Å². The van der Waals surface area contributed by atoms with Gasteiger partial charge in [-0.3, -0.25) is 0 Å². The predicted molar refractivity (Wildman–Crippen MR) is 75.9 cm³/mol. The summed E-state index contributed by atoms with van der Waals surface area (Å²) >= 11 is 0. The Kier molecular flexibility index (Phi) is 5.55. The van der Waals surface area contributed by atoms with Gasteiger partial charge in [0.05, 0.1) is 6.61 Å². The lowest BCUT2D eigenvalue weighted by molar-refractivity contribution is -0.169. The first-order valence-electron chi connectivity index (χ1n) is 6.91. The zero-order valence-electron chi connectivity index (χ0n) is 12.2. The van der Waals surface area contributed by atoms with Gasteiger partial charge in [0.2, 0.25) is 0 Å². The first-order chi connectivity index (χ1) is 8.97. The number of hydrogen-bond acceptors (Lipinski definition) is 3. The monoisotopic (exact) mass is 264 g/mol. The molecule has 0 heterocycles. The predicted octanol–water partition coefficient (Wildman–Crippen LogP) is 3.13. The van der Waals surface area contributed by atoms with E-state index >= 15 is 0 Å². The topological polar surface area (TPSA) is 46.5 Å². The molecule has 2 unspecified atom stereocenters. The van der Waals surface area contributed by atoms with Gasteiger partial charge in [-0.05, 0) is 24.8 Å². The van der Waals surface area contributed by atoms with Crippen molar-refractivity contribution in [3.05, 3.63) is 35.9 Å². The Morgan fingerprint density at radius 1 is 1.26 bits per heavy atom. The Morgan fingerprint density at radius 3 is 2.26 bits per heavy atom. The van der Waals surface area contributed by atoms with Crippen LogP contribution < -0.4 is 0 Å². The number of benzene rings is 1. The summed E-state index contributed by atoms with van der Waals surface area (Å²) in [4.78, 5) is 12.1. The molecule has 106 valence electrons. The molecule has 0 amide bonds. The van der Waals surface area contributed by atoms with Crippen LogP contribution in [0.1, 0.15) is 45.6 Å². The minimum Gasteiger partial charge on any atom is -0.464 e. The highest BCUT2D eigenvalue weighted by Crippen LogP contribution is 2.38. The molecule has 3 heteroatoms. The van der Waals surface area contributed by atoms with Crippen molar-refractivity contribution in [3.8, 4) is 0 Å². The van der Waals surface area contributed by atoms with Gasteiger partial charge in [0.1, 0.15) is 0 Å². The van der Waals surface area contributed by atoms with Gasteiger partial charge in [-0.2, -0.15) is 0 Å². The smallest absolute Gasteiger partial charge is 0.338 e.